The van der Waals surface area contributed by atoms with Gasteiger partial charge in [0.05, 0.1) is 12.7 Å². The summed E-state index contributed by atoms with van der Waals surface area (Å²) in [6, 6.07) is 2.06. The highest BCUT2D eigenvalue weighted by atomic mass is 19.1. The lowest BCUT2D eigenvalue weighted by Crippen LogP contribution is -2.12. The van der Waals surface area contributed by atoms with Gasteiger partial charge in [-0.2, -0.15) is 5.26 Å². The van der Waals surface area contributed by atoms with Gasteiger partial charge in [-0.3, -0.25) is 4.39 Å². The van der Waals surface area contributed by atoms with Crippen LogP contribution in [0.1, 0.15) is 32.1 Å². The van der Waals surface area contributed by atoms with Crippen LogP contribution < -0.4 is 0 Å². The second-order valence-corrected chi connectivity index (χ2v) is 3.32. The molecule has 0 aliphatic heterocycles. The number of alkyl halides is 1. The predicted octanol–water partition coefficient (Wildman–Crippen LogP) is 2.68. The van der Waals surface area contributed by atoms with Gasteiger partial charge < -0.3 is 0 Å². The Hall–Kier alpha value is -0.580. The fraction of sp³-hybridized carbons (Fsp3) is 0.889. The average molecular weight is 155 g/mol. The molecule has 0 heterocycles. The summed E-state index contributed by atoms with van der Waals surface area (Å²) in [6.07, 6.45) is 5.13. The molecule has 1 aliphatic carbocycles. The van der Waals surface area contributed by atoms with E-state index in [1.165, 1.54) is 12.8 Å². The molecule has 0 amide bonds. The molecule has 0 spiro atoms. The molecule has 0 radical (unpaired) electrons. The highest BCUT2D eigenvalue weighted by Crippen LogP contribution is 2.32. The van der Waals surface area contributed by atoms with Gasteiger partial charge in [0.25, 0.3) is 0 Å². The Morgan fingerprint density at radius 2 is 2.09 bits per heavy atom. The summed E-state index contributed by atoms with van der Waals surface area (Å²) in [5.41, 5.74) is 0. The Kier molecular flexibility index (Phi) is 3.35. The van der Waals surface area contributed by atoms with E-state index in [4.69, 9.17) is 5.26 Å². The minimum atomic E-state index is -0.307. The number of nitrogens with zero attached hydrogens (tertiary/aromatic N) is 1. The van der Waals surface area contributed by atoms with Crippen LogP contribution >= 0.6 is 0 Å². The van der Waals surface area contributed by atoms with E-state index in [9.17, 15) is 4.39 Å². The zero-order valence-corrected chi connectivity index (χ0v) is 6.72. The quantitative estimate of drug-likeness (QED) is 0.614. The van der Waals surface area contributed by atoms with Gasteiger partial charge in [-0.1, -0.05) is 25.7 Å². The third-order valence-corrected chi connectivity index (χ3v) is 2.62. The monoisotopic (exact) mass is 155 g/mol. The van der Waals surface area contributed by atoms with Crippen LogP contribution in [0.3, 0.4) is 0 Å². The zero-order valence-electron chi connectivity index (χ0n) is 6.72. The molecule has 1 unspecified atom stereocenters. The lowest BCUT2D eigenvalue weighted by atomic mass is 9.90. The molecular weight excluding hydrogens is 141 g/mol. The van der Waals surface area contributed by atoms with E-state index in [-0.39, 0.29) is 12.6 Å². The number of halogens is 1. The van der Waals surface area contributed by atoms with Crippen LogP contribution in [0.4, 0.5) is 4.39 Å². The molecule has 1 rings (SSSR count). The van der Waals surface area contributed by atoms with Crippen molar-refractivity contribution in [3.8, 4) is 6.07 Å². The first-order valence-electron chi connectivity index (χ1n) is 4.31. The second kappa shape index (κ2) is 4.33. The minimum absolute atomic E-state index is 0.0301. The molecule has 0 N–H and O–H groups in total. The van der Waals surface area contributed by atoms with Gasteiger partial charge in [0.1, 0.15) is 0 Å². The fourth-order valence-electron chi connectivity index (χ4n) is 1.89. The minimum Gasteiger partial charge on any atom is -0.251 e. The van der Waals surface area contributed by atoms with Gasteiger partial charge in [0, 0.05) is 12.3 Å². The summed E-state index contributed by atoms with van der Waals surface area (Å²) in [6.45, 7) is -0.307. The molecule has 1 fully saturated rings. The van der Waals surface area contributed by atoms with Crippen LogP contribution in [0.5, 0.6) is 0 Å². The summed E-state index contributed by atoms with van der Waals surface area (Å²) in [5, 5.41) is 8.41. The van der Waals surface area contributed by atoms with Crippen LogP contribution in [-0.2, 0) is 0 Å². The maximum atomic E-state index is 12.3. The van der Waals surface area contributed by atoms with Crippen molar-refractivity contribution in [2.24, 2.45) is 11.8 Å². The van der Waals surface area contributed by atoms with Crippen LogP contribution in [0.25, 0.3) is 0 Å². The molecule has 1 atom stereocenters. The molecule has 0 aromatic rings. The molecule has 62 valence electrons. The van der Waals surface area contributed by atoms with Gasteiger partial charge >= 0.3 is 0 Å². The van der Waals surface area contributed by atoms with E-state index < -0.39 is 0 Å². The van der Waals surface area contributed by atoms with E-state index >= 15 is 0 Å². The highest BCUT2D eigenvalue weighted by molar-refractivity contribution is 4.82. The fourth-order valence-corrected chi connectivity index (χ4v) is 1.89. The van der Waals surface area contributed by atoms with E-state index in [1.54, 1.807) is 0 Å². The van der Waals surface area contributed by atoms with Crippen molar-refractivity contribution in [2.75, 3.05) is 6.67 Å². The molecule has 2 heteroatoms. The third-order valence-electron chi connectivity index (χ3n) is 2.62. The lowest BCUT2D eigenvalue weighted by molar-refractivity contribution is 0.266. The van der Waals surface area contributed by atoms with Crippen molar-refractivity contribution in [1.29, 1.82) is 5.26 Å². The Morgan fingerprint density at radius 3 is 2.55 bits per heavy atom. The first kappa shape index (κ1) is 8.52. The molecular formula is C9H14FN. The Labute approximate surface area is 67.2 Å². The Bertz CT molecular complexity index is 144. The van der Waals surface area contributed by atoms with Gasteiger partial charge in [0.2, 0.25) is 0 Å². The van der Waals surface area contributed by atoms with E-state index in [0.29, 0.717) is 12.3 Å². The molecule has 11 heavy (non-hydrogen) atoms. The summed E-state index contributed by atoms with van der Waals surface area (Å²) in [7, 11) is 0. The molecule has 1 aliphatic rings. The number of hydrogen-bond acceptors (Lipinski definition) is 1. The standard InChI is InChI=1S/C9H14FN/c10-7-9(5-6-11)8-3-1-2-4-8/h8-9H,1-5,7H2. The molecule has 0 bridgehead atoms. The number of hydrogen-bond donors (Lipinski definition) is 0. The Morgan fingerprint density at radius 1 is 1.45 bits per heavy atom. The van der Waals surface area contributed by atoms with Crippen LogP contribution in [0.15, 0.2) is 0 Å². The van der Waals surface area contributed by atoms with Crippen LogP contribution in [-0.4, -0.2) is 6.67 Å². The van der Waals surface area contributed by atoms with E-state index in [1.807, 2.05) is 0 Å². The van der Waals surface area contributed by atoms with Crippen molar-refractivity contribution in [3.05, 3.63) is 0 Å². The van der Waals surface area contributed by atoms with Gasteiger partial charge in [-0.05, 0) is 5.92 Å². The van der Waals surface area contributed by atoms with Crippen molar-refractivity contribution < 1.29 is 4.39 Å². The van der Waals surface area contributed by atoms with Crippen LogP contribution in [0, 0.1) is 23.2 Å². The molecule has 1 saturated carbocycles. The van der Waals surface area contributed by atoms with Crippen molar-refractivity contribution in [2.45, 2.75) is 32.1 Å². The average Bonchev–Trinajstić information content (AvgIpc) is 2.52. The van der Waals surface area contributed by atoms with Gasteiger partial charge in [-0.25, -0.2) is 0 Å². The summed E-state index contributed by atoms with van der Waals surface area (Å²) >= 11 is 0. The summed E-state index contributed by atoms with van der Waals surface area (Å²) in [5.74, 6) is 0.530. The topological polar surface area (TPSA) is 23.8 Å². The summed E-state index contributed by atoms with van der Waals surface area (Å²) < 4.78 is 12.3. The second-order valence-electron chi connectivity index (χ2n) is 3.32. The smallest absolute Gasteiger partial charge is 0.0935 e. The van der Waals surface area contributed by atoms with Crippen LogP contribution in [0.2, 0.25) is 0 Å². The van der Waals surface area contributed by atoms with E-state index in [0.717, 1.165) is 12.8 Å². The van der Waals surface area contributed by atoms with Gasteiger partial charge in [-0.15, -0.1) is 0 Å². The zero-order chi connectivity index (χ0) is 8.10. The van der Waals surface area contributed by atoms with E-state index in [2.05, 4.69) is 6.07 Å². The maximum Gasteiger partial charge on any atom is 0.0935 e. The molecule has 0 saturated heterocycles. The highest BCUT2D eigenvalue weighted by Gasteiger charge is 2.24. The molecule has 0 aromatic heterocycles. The summed E-state index contributed by atoms with van der Waals surface area (Å²) in [4.78, 5) is 0. The maximum absolute atomic E-state index is 12.3. The largest absolute Gasteiger partial charge is 0.251 e. The van der Waals surface area contributed by atoms with Crippen molar-refractivity contribution in [1.82, 2.24) is 0 Å². The lowest BCUT2D eigenvalue weighted by Gasteiger charge is -2.16. The Balaban J connectivity index is 2.34. The van der Waals surface area contributed by atoms with Gasteiger partial charge in [0.15, 0.2) is 0 Å². The molecule has 0 aromatic carbocycles. The molecule has 1 nitrogen and oxygen atoms in total. The first-order chi connectivity index (χ1) is 5.38. The third kappa shape index (κ3) is 2.18. The first-order valence-corrected chi connectivity index (χ1v) is 4.31. The van der Waals surface area contributed by atoms with Crippen molar-refractivity contribution >= 4 is 0 Å². The predicted molar refractivity (Wildman–Crippen MR) is 41.7 cm³/mol. The number of rotatable bonds is 3. The number of nitriles is 1. The SMILES string of the molecule is N#CCC(CF)C1CCCC1. The van der Waals surface area contributed by atoms with Crippen molar-refractivity contribution in [3.63, 3.8) is 0 Å². The normalized spacial score (nSPS) is 21.5.